The minimum absolute atomic E-state index is 0.947. The average molecular weight is 310 g/mol. The first-order chi connectivity index (χ1) is 10.7. The van der Waals surface area contributed by atoms with Crippen LogP contribution in [0.25, 0.3) is 0 Å². The standard InChI is InChI=1S/C17H18N4S/c1-12-11-13-16(21-9-7-20(2)8-10-21)18-14-5-3-4-6-15(14)19-17(13)22-12/h3-7,9,11,19H,8,10H2,1-2H3. The van der Waals surface area contributed by atoms with Crippen molar-refractivity contribution in [1.29, 1.82) is 0 Å². The van der Waals surface area contributed by atoms with Crippen molar-refractivity contribution in [3.05, 3.63) is 53.2 Å². The molecule has 1 N–H and O–H groups in total. The van der Waals surface area contributed by atoms with Gasteiger partial charge in [0.25, 0.3) is 0 Å². The maximum Gasteiger partial charge on any atom is 0.143 e. The molecule has 2 aliphatic rings. The first-order valence-corrected chi connectivity index (χ1v) is 8.23. The number of aliphatic imine (C=N–C) groups is 1. The monoisotopic (exact) mass is 310 g/mol. The van der Waals surface area contributed by atoms with Crippen LogP contribution in [0.5, 0.6) is 0 Å². The van der Waals surface area contributed by atoms with Crippen molar-refractivity contribution < 1.29 is 0 Å². The molecule has 22 heavy (non-hydrogen) atoms. The molecule has 0 aliphatic carbocycles. The van der Waals surface area contributed by atoms with Crippen molar-refractivity contribution in [2.24, 2.45) is 4.99 Å². The summed E-state index contributed by atoms with van der Waals surface area (Å²) in [5.74, 6) is 1.03. The number of benzene rings is 1. The highest BCUT2D eigenvalue weighted by molar-refractivity contribution is 7.16. The third-order valence-corrected chi connectivity index (χ3v) is 4.91. The van der Waals surface area contributed by atoms with Crippen LogP contribution in [0.3, 0.4) is 0 Å². The van der Waals surface area contributed by atoms with E-state index in [0.717, 1.165) is 30.3 Å². The zero-order chi connectivity index (χ0) is 15.1. The van der Waals surface area contributed by atoms with Crippen LogP contribution in [-0.4, -0.2) is 35.8 Å². The molecule has 0 bridgehead atoms. The van der Waals surface area contributed by atoms with Crippen molar-refractivity contribution in [2.75, 3.05) is 25.5 Å². The van der Waals surface area contributed by atoms with E-state index < -0.39 is 0 Å². The van der Waals surface area contributed by atoms with E-state index in [-0.39, 0.29) is 0 Å². The van der Waals surface area contributed by atoms with Crippen LogP contribution < -0.4 is 5.32 Å². The fraction of sp³-hybridized carbons (Fsp3) is 0.235. The van der Waals surface area contributed by atoms with E-state index in [0.29, 0.717) is 0 Å². The van der Waals surface area contributed by atoms with Gasteiger partial charge in [-0.05, 0) is 25.1 Å². The number of nitrogens with one attached hydrogen (secondary N) is 1. The van der Waals surface area contributed by atoms with Gasteiger partial charge in [0.2, 0.25) is 0 Å². The highest BCUT2D eigenvalue weighted by atomic mass is 32.1. The Morgan fingerprint density at radius 3 is 2.86 bits per heavy atom. The van der Waals surface area contributed by atoms with Gasteiger partial charge in [-0.15, -0.1) is 11.3 Å². The Bertz CT molecular complexity index is 775. The molecule has 112 valence electrons. The van der Waals surface area contributed by atoms with Crippen LogP contribution in [0.15, 0.2) is 47.7 Å². The molecule has 5 heteroatoms. The number of nitrogens with zero attached hydrogens (tertiary/aromatic N) is 3. The Morgan fingerprint density at radius 2 is 2.05 bits per heavy atom. The molecule has 4 rings (SSSR count). The summed E-state index contributed by atoms with van der Waals surface area (Å²) in [6.07, 6.45) is 4.22. The summed E-state index contributed by atoms with van der Waals surface area (Å²) in [5.41, 5.74) is 3.25. The zero-order valence-electron chi connectivity index (χ0n) is 12.7. The predicted octanol–water partition coefficient (Wildman–Crippen LogP) is 3.91. The summed E-state index contributed by atoms with van der Waals surface area (Å²) in [4.78, 5) is 10.7. The van der Waals surface area contributed by atoms with Gasteiger partial charge < -0.3 is 15.1 Å². The molecule has 4 nitrogen and oxygen atoms in total. The van der Waals surface area contributed by atoms with Crippen molar-refractivity contribution >= 4 is 33.5 Å². The van der Waals surface area contributed by atoms with E-state index in [2.05, 4.69) is 59.7 Å². The number of aryl methyl sites for hydroxylation is 1. The molecular formula is C17H18N4S. The molecule has 0 spiro atoms. The van der Waals surface area contributed by atoms with E-state index in [1.807, 2.05) is 12.1 Å². The quantitative estimate of drug-likeness (QED) is 0.800. The Kier molecular flexibility index (Phi) is 3.15. The molecule has 0 saturated carbocycles. The lowest BCUT2D eigenvalue weighted by molar-refractivity contribution is 0.364. The fourth-order valence-electron chi connectivity index (χ4n) is 2.75. The van der Waals surface area contributed by atoms with E-state index in [1.165, 1.54) is 15.4 Å². The first kappa shape index (κ1) is 13.4. The average Bonchev–Trinajstić information content (AvgIpc) is 2.80. The van der Waals surface area contributed by atoms with E-state index >= 15 is 0 Å². The summed E-state index contributed by atoms with van der Waals surface area (Å²) in [5, 5.41) is 4.72. The van der Waals surface area contributed by atoms with Crippen molar-refractivity contribution in [2.45, 2.75) is 6.92 Å². The van der Waals surface area contributed by atoms with Gasteiger partial charge in [0.1, 0.15) is 10.8 Å². The highest BCUT2D eigenvalue weighted by Crippen LogP contribution is 2.39. The number of fused-ring (bicyclic) bond motifs is 2. The highest BCUT2D eigenvalue weighted by Gasteiger charge is 2.23. The minimum atomic E-state index is 0.947. The third kappa shape index (κ3) is 2.27. The van der Waals surface area contributed by atoms with Gasteiger partial charge in [0, 0.05) is 37.4 Å². The van der Waals surface area contributed by atoms with Gasteiger partial charge in [-0.1, -0.05) is 12.1 Å². The van der Waals surface area contributed by atoms with E-state index in [1.54, 1.807) is 11.3 Å². The first-order valence-electron chi connectivity index (χ1n) is 7.41. The summed E-state index contributed by atoms with van der Waals surface area (Å²) in [6.45, 7) is 4.09. The van der Waals surface area contributed by atoms with Gasteiger partial charge >= 0.3 is 0 Å². The number of hydrogen-bond donors (Lipinski definition) is 1. The number of likely N-dealkylation sites (N-methyl/N-ethyl adjacent to an activating group) is 1. The second-order valence-corrected chi connectivity index (χ2v) is 6.91. The Hall–Kier alpha value is -2.27. The molecule has 0 saturated heterocycles. The molecular weight excluding hydrogens is 292 g/mol. The van der Waals surface area contributed by atoms with E-state index in [4.69, 9.17) is 4.99 Å². The van der Waals surface area contributed by atoms with Crippen LogP contribution in [0.4, 0.5) is 16.4 Å². The molecule has 0 atom stereocenters. The van der Waals surface area contributed by atoms with Crippen molar-refractivity contribution in [3.63, 3.8) is 0 Å². The molecule has 0 fully saturated rings. The number of thiophene rings is 1. The molecule has 2 aromatic rings. The van der Waals surface area contributed by atoms with Gasteiger partial charge in [0.05, 0.1) is 16.9 Å². The molecule has 3 heterocycles. The van der Waals surface area contributed by atoms with Crippen molar-refractivity contribution in [3.8, 4) is 0 Å². The lowest BCUT2D eigenvalue weighted by Crippen LogP contribution is -2.36. The largest absolute Gasteiger partial charge is 0.377 e. The minimum Gasteiger partial charge on any atom is -0.377 e. The molecule has 0 amide bonds. The molecule has 1 aromatic heterocycles. The number of hydrogen-bond acceptors (Lipinski definition) is 5. The second-order valence-electron chi connectivity index (χ2n) is 5.65. The molecule has 0 radical (unpaired) electrons. The van der Waals surface area contributed by atoms with Gasteiger partial charge in [-0.25, -0.2) is 4.99 Å². The van der Waals surface area contributed by atoms with Crippen LogP contribution >= 0.6 is 11.3 Å². The van der Waals surface area contributed by atoms with E-state index in [9.17, 15) is 0 Å². The predicted molar refractivity (Wildman–Crippen MR) is 93.5 cm³/mol. The summed E-state index contributed by atoms with van der Waals surface area (Å²) < 4.78 is 0. The summed E-state index contributed by atoms with van der Waals surface area (Å²) in [6, 6.07) is 10.4. The van der Waals surface area contributed by atoms with Gasteiger partial charge in [-0.2, -0.15) is 0 Å². The summed E-state index contributed by atoms with van der Waals surface area (Å²) >= 11 is 1.78. The van der Waals surface area contributed by atoms with Crippen LogP contribution in [0, 0.1) is 6.92 Å². The Labute approximate surface area is 134 Å². The lowest BCUT2D eigenvalue weighted by atomic mass is 10.2. The normalized spacial score (nSPS) is 16.5. The smallest absolute Gasteiger partial charge is 0.143 e. The number of anilines is 2. The van der Waals surface area contributed by atoms with Gasteiger partial charge in [-0.3, -0.25) is 0 Å². The number of para-hydroxylation sites is 2. The Balaban J connectivity index is 1.86. The lowest BCUT2D eigenvalue weighted by Gasteiger charge is -2.29. The van der Waals surface area contributed by atoms with Crippen molar-refractivity contribution in [1.82, 2.24) is 9.80 Å². The number of rotatable bonds is 0. The van der Waals surface area contributed by atoms with Gasteiger partial charge in [0.15, 0.2) is 0 Å². The third-order valence-electron chi connectivity index (χ3n) is 3.94. The Morgan fingerprint density at radius 1 is 1.18 bits per heavy atom. The fourth-order valence-corrected chi connectivity index (χ4v) is 3.67. The zero-order valence-corrected chi connectivity index (χ0v) is 13.5. The molecule has 1 aromatic carbocycles. The van der Waals surface area contributed by atoms with Crippen LogP contribution in [0.1, 0.15) is 10.4 Å². The maximum absolute atomic E-state index is 4.96. The SMILES string of the molecule is Cc1cc2c(s1)Nc1ccccc1N=C2N1C=CN(C)CC1. The maximum atomic E-state index is 4.96. The molecule has 0 unspecified atom stereocenters. The second kappa shape index (κ2) is 5.18. The summed E-state index contributed by atoms with van der Waals surface area (Å²) in [7, 11) is 2.10. The van der Waals surface area contributed by atoms with Crippen LogP contribution in [0.2, 0.25) is 0 Å². The molecule has 2 aliphatic heterocycles. The topological polar surface area (TPSA) is 30.9 Å². The number of amidine groups is 1. The van der Waals surface area contributed by atoms with Crippen LogP contribution in [-0.2, 0) is 0 Å².